The Morgan fingerprint density at radius 2 is 1.59 bits per heavy atom. The molecule has 0 aliphatic carbocycles. The van der Waals surface area contributed by atoms with Crippen LogP contribution in [-0.2, 0) is 13.2 Å². The first kappa shape index (κ1) is 19.2. The number of piperazine rings is 1. The van der Waals surface area contributed by atoms with Crippen LogP contribution in [0.25, 0.3) is 0 Å². The van der Waals surface area contributed by atoms with Crippen LogP contribution >= 0.6 is 0 Å². The summed E-state index contributed by atoms with van der Waals surface area (Å²) in [7, 11) is 1.68. The summed E-state index contributed by atoms with van der Waals surface area (Å²) in [6, 6.07) is 18.2. The fraction of sp³-hybridized carbons (Fsp3) is 0.304. The SMILES string of the molecule is COc1ccc(CN2CCN(c3ncccn3)CC2)cc1OCc1ccccc1. The molecule has 1 aromatic heterocycles. The summed E-state index contributed by atoms with van der Waals surface area (Å²) in [6.45, 7) is 5.22. The fourth-order valence-electron chi connectivity index (χ4n) is 3.49. The average molecular weight is 390 g/mol. The number of ether oxygens (including phenoxy) is 2. The van der Waals surface area contributed by atoms with Crippen molar-refractivity contribution in [2.75, 3.05) is 38.2 Å². The third-order valence-corrected chi connectivity index (χ3v) is 5.08. The van der Waals surface area contributed by atoms with Crippen LogP contribution in [0.4, 0.5) is 5.95 Å². The molecule has 1 fully saturated rings. The van der Waals surface area contributed by atoms with Gasteiger partial charge in [-0.3, -0.25) is 4.90 Å². The number of aromatic nitrogens is 2. The monoisotopic (exact) mass is 390 g/mol. The minimum Gasteiger partial charge on any atom is -0.493 e. The minimum absolute atomic E-state index is 0.524. The van der Waals surface area contributed by atoms with Gasteiger partial charge in [0.05, 0.1) is 7.11 Å². The Hall–Kier alpha value is -3.12. The molecule has 6 nitrogen and oxygen atoms in total. The van der Waals surface area contributed by atoms with E-state index in [1.165, 1.54) is 5.56 Å². The minimum atomic E-state index is 0.524. The zero-order chi connectivity index (χ0) is 19.9. The number of anilines is 1. The van der Waals surface area contributed by atoms with E-state index in [1.807, 2.05) is 30.3 Å². The van der Waals surface area contributed by atoms with Gasteiger partial charge in [0.1, 0.15) is 6.61 Å². The lowest BCUT2D eigenvalue weighted by Crippen LogP contribution is -2.46. The van der Waals surface area contributed by atoms with Crippen LogP contribution in [0.1, 0.15) is 11.1 Å². The molecule has 0 spiro atoms. The van der Waals surface area contributed by atoms with E-state index in [0.717, 1.165) is 55.7 Å². The molecular weight excluding hydrogens is 364 g/mol. The smallest absolute Gasteiger partial charge is 0.225 e. The van der Waals surface area contributed by atoms with E-state index in [1.54, 1.807) is 19.5 Å². The van der Waals surface area contributed by atoms with Crippen LogP contribution < -0.4 is 14.4 Å². The van der Waals surface area contributed by atoms with Gasteiger partial charge in [0.15, 0.2) is 11.5 Å². The highest BCUT2D eigenvalue weighted by Crippen LogP contribution is 2.29. The zero-order valence-electron chi connectivity index (χ0n) is 16.7. The van der Waals surface area contributed by atoms with Crippen LogP contribution in [0.5, 0.6) is 11.5 Å². The number of methoxy groups -OCH3 is 1. The first-order chi connectivity index (χ1) is 14.3. The lowest BCUT2D eigenvalue weighted by Gasteiger charge is -2.34. The van der Waals surface area contributed by atoms with Gasteiger partial charge in [0, 0.05) is 45.1 Å². The number of benzene rings is 2. The molecule has 150 valence electrons. The predicted molar refractivity (Wildman–Crippen MR) is 113 cm³/mol. The van der Waals surface area contributed by atoms with E-state index in [9.17, 15) is 0 Å². The Labute approximate surface area is 171 Å². The first-order valence-corrected chi connectivity index (χ1v) is 9.90. The maximum atomic E-state index is 6.05. The molecule has 1 saturated heterocycles. The third-order valence-electron chi connectivity index (χ3n) is 5.08. The number of hydrogen-bond donors (Lipinski definition) is 0. The summed E-state index contributed by atoms with van der Waals surface area (Å²) in [5.74, 6) is 2.36. The van der Waals surface area contributed by atoms with Gasteiger partial charge in [-0.2, -0.15) is 0 Å². The summed E-state index contributed by atoms with van der Waals surface area (Å²) in [6.07, 6.45) is 3.59. The van der Waals surface area contributed by atoms with Crippen LogP contribution in [0.2, 0.25) is 0 Å². The van der Waals surface area contributed by atoms with Crippen molar-refractivity contribution >= 4 is 5.95 Å². The van der Waals surface area contributed by atoms with Crippen molar-refractivity contribution in [3.05, 3.63) is 78.1 Å². The maximum absolute atomic E-state index is 6.05. The van der Waals surface area contributed by atoms with E-state index >= 15 is 0 Å². The highest BCUT2D eigenvalue weighted by molar-refractivity contribution is 5.43. The van der Waals surface area contributed by atoms with Crippen molar-refractivity contribution < 1.29 is 9.47 Å². The quantitative estimate of drug-likeness (QED) is 0.616. The number of hydrogen-bond acceptors (Lipinski definition) is 6. The molecule has 0 atom stereocenters. The molecule has 1 aliphatic heterocycles. The molecule has 3 aromatic rings. The first-order valence-electron chi connectivity index (χ1n) is 9.90. The number of rotatable bonds is 7. The van der Waals surface area contributed by atoms with E-state index < -0.39 is 0 Å². The molecular formula is C23H26N4O2. The van der Waals surface area contributed by atoms with Crippen molar-refractivity contribution in [3.8, 4) is 11.5 Å². The second-order valence-corrected chi connectivity index (χ2v) is 7.07. The molecule has 0 radical (unpaired) electrons. The molecule has 0 amide bonds. The maximum Gasteiger partial charge on any atom is 0.225 e. The Balaban J connectivity index is 1.36. The van der Waals surface area contributed by atoms with Gasteiger partial charge in [-0.15, -0.1) is 0 Å². The van der Waals surface area contributed by atoms with Gasteiger partial charge in [-0.1, -0.05) is 36.4 Å². The van der Waals surface area contributed by atoms with Gasteiger partial charge in [-0.05, 0) is 29.3 Å². The Morgan fingerprint density at radius 1 is 0.828 bits per heavy atom. The summed E-state index contributed by atoms with van der Waals surface area (Å²) in [5, 5.41) is 0. The van der Waals surface area contributed by atoms with Crippen LogP contribution in [0.3, 0.4) is 0 Å². The molecule has 1 aliphatic rings. The summed E-state index contributed by atoms with van der Waals surface area (Å²) in [4.78, 5) is 13.4. The summed E-state index contributed by atoms with van der Waals surface area (Å²) in [5.41, 5.74) is 2.36. The Kier molecular flexibility index (Phi) is 6.22. The lowest BCUT2D eigenvalue weighted by atomic mass is 10.1. The Bertz CT molecular complexity index is 897. The molecule has 29 heavy (non-hydrogen) atoms. The second-order valence-electron chi connectivity index (χ2n) is 7.07. The van der Waals surface area contributed by atoms with Crippen molar-refractivity contribution in [1.29, 1.82) is 0 Å². The molecule has 0 saturated carbocycles. The van der Waals surface area contributed by atoms with Crippen molar-refractivity contribution in [2.24, 2.45) is 0 Å². The normalized spacial score (nSPS) is 14.6. The molecule has 2 heterocycles. The average Bonchev–Trinajstić information content (AvgIpc) is 2.80. The molecule has 0 unspecified atom stereocenters. The highest BCUT2D eigenvalue weighted by Gasteiger charge is 2.19. The highest BCUT2D eigenvalue weighted by atomic mass is 16.5. The van der Waals surface area contributed by atoms with Gasteiger partial charge in [0.2, 0.25) is 5.95 Å². The van der Waals surface area contributed by atoms with E-state index in [0.29, 0.717) is 6.61 Å². The molecule has 0 N–H and O–H groups in total. The van der Waals surface area contributed by atoms with Crippen molar-refractivity contribution in [1.82, 2.24) is 14.9 Å². The van der Waals surface area contributed by atoms with Crippen LogP contribution in [0.15, 0.2) is 67.0 Å². The van der Waals surface area contributed by atoms with Gasteiger partial charge < -0.3 is 14.4 Å². The van der Waals surface area contributed by atoms with E-state index in [2.05, 4.69) is 44.0 Å². The van der Waals surface area contributed by atoms with Crippen LogP contribution in [0, 0.1) is 0 Å². The molecule has 4 rings (SSSR count). The molecule has 6 heteroatoms. The predicted octanol–water partition coefficient (Wildman–Crippen LogP) is 3.39. The van der Waals surface area contributed by atoms with Gasteiger partial charge >= 0.3 is 0 Å². The zero-order valence-corrected chi connectivity index (χ0v) is 16.7. The van der Waals surface area contributed by atoms with Crippen LogP contribution in [-0.4, -0.2) is 48.2 Å². The van der Waals surface area contributed by atoms with Crippen molar-refractivity contribution in [3.63, 3.8) is 0 Å². The number of nitrogens with zero attached hydrogens (tertiary/aromatic N) is 4. The Morgan fingerprint density at radius 3 is 2.31 bits per heavy atom. The van der Waals surface area contributed by atoms with Crippen molar-refractivity contribution in [2.45, 2.75) is 13.2 Å². The topological polar surface area (TPSA) is 50.7 Å². The summed E-state index contributed by atoms with van der Waals surface area (Å²) >= 11 is 0. The van der Waals surface area contributed by atoms with Gasteiger partial charge in [-0.25, -0.2) is 9.97 Å². The van der Waals surface area contributed by atoms with E-state index in [-0.39, 0.29) is 0 Å². The fourth-order valence-corrected chi connectivity index (χ4v) is 3.49. The lowest BCUT2D eigenvalue weighted by molar-refractivity contribution is 0.247. The van der Waals surface area contributed by atoms with E-state index in [4.69, 9.17) is 9.47 Å². The third kappa shape index (κ3) is 5.03. The second kappa shape index (κ2) is 9.39. The largest absolute Gasteiger partial charge is 0.493 e. The summed E-state index contributed by atoms with van der Waals surface area (Å²) < 4.78 is 11.5. The van der Waals surface area contributed by atoms with Gasteiger partial charge in [0.25, 0.3) is 0 Å². The molecule has 0 bridgehead atoms. The molecule has 2 aromatic carbocycles. The standard InChI is InChI=1S/C23H26N4O2/c1-28-21-9-8-20(16-22(21)29-18-19-6-3-2-4-7-19)17-26-12-14-27(15-13-26)23-24-10-5-11-25-23/h2-11,16H,12-15,17-18H2,1H3.